The number of anilines is 2. The predicted octanol–water partition coefficient (Wildman–Crippen LogP) is 1.81. The standard InChI is InChI=1S/C11H14BrN5/c1-17-7-15-11(16-17)4-5-14-10-6-8(12)2-3-9(10)13/h2-3,6-7,14H,4-5,13H2,1H3. The lowest BCUT2D eigenvalue weighted by atomic mass is 10.2. The van der Waals surface area contributed by atoms with Crippen LogP contribution < -0.4 is 11.1 Å². The molecule has 0 spiro atoms. The highest BCUT2D eigenvalue weighted by Gasteiger charge is 2.01. The lowest BCUT2D eigenvalue weighted by Crippen LogP contribution is -2.08. The number of aryl methyl sites for hydroxylation is 1. The summed E-state index contributed by atoms with van der Waals surface area (Å²) in [4.78, 5) is 4.16. The van der Waals surface area contributed by atoms with Crippen molar-refractivity contribution in [1.82, 2.24) is 14.8 Å². The van der Waals surface area contributed by atoms with E-state index in [2.05, 4.69) is 31.3 Å². The Balaban J connectivity index is 1.91. The topological polar surface area (TPSA) is 68.8 Å². The molecule has 0 saturated heterocycles. The van der Waals surface area contributed by atoms with Crippen LogP contribution in [0.4, 0.5) is 11.4 Å². The number of nitrogens with two attached hydrogens (primary N) is 1. The quantitative estimate of drug-likeness (QED) is 0.844. The Kier molecular flexibility index (Phi) is 3.63. The van der Waals surface area contributed by atoms with E-state index in [1.807, 2.05) is 25.2 Å². The predicted molar refractivity (Wildman–Crippen MR) is 71.8 cm³/mol. The van der Waals surface area contributed by atoms with Crippen LogP contribution in [-0.2, 0) is 13.5 Å². The van der Waals surface area contributed by atoms with Gasteiger partial charge in [-0.05, 0) is 18.2 Å². The molecular weight excluding hydrogens is 282 g/mol. The molecular formula is C11H14BrN5. The van der Waals surface area contributed by atoms with E-state index in [0.29, 0.717) is 0 Å². The van der Waals surface area contributed by atoms with Gasteiger partial charge >= 0.3 is 0 Å². The number of aromatic nitrogens is 3. The van der Waals surface area contributed by atoms with Gasteiger partial charge in [0.05, 0.1) is 11.4 Å². The van der Waals surface area contributed by atoms with Crippen LogP contribution in [0.3, 0.4) is 0 Å². The molecule has 0 aliphatic rings. The van der Waals surface area contributed by atoms with E-state index < -0.39 is 0 Å². The van der Waals surface area contributed by atoms with Crippen molar-refractivity contribution < 1.29 is 0 Å². The van der Waals surface area contributed by atoms with Crippen molar-refractivity contribution in [3.05, 3.63) is 34.8 Å². The first kappa shape index (κ1) is 11.9. The van der Waals surface area contributed by atoms with E-state index in [9.17, 15) is 0 Å². The molecule has 17 heavy (non-hydrogen) atoms. The maximum Gasteiger partial charge on any atom is 0.152 e. The summed E-state index contributed by atoms with van der Waals surface area (Å²) in [5.74, 6) is 0.827. The highest BCUT2D eigenvalue weighted by atomic mass is 79.9. The minimum atomic E-state index is 0.738. The Morgan fingerprint density at radius 1 is 1.47 bits per heavy atom. The van der Waals surface area contributed by atoms with Crippen molar-refractivity contribution in [2.24, 2.45) is 7.05 Å². The second-order valence-electron chi connectivity index (χ2n) is 3.74. The van der Waals surface area contributed by atoms with E-state index in [0.717, 1.165) is 34.6 Å². The second-order valence-corrected chi connectivity index (χ2v) is 4.66. The number of nitrogen functional groups attached to an aromatic ring is 1. The maximum absolute atomic E-state index is 5.85. The molecule has 1 aromatic heterocycles. The molecule has 0 aliphatic carbocycles. The van der Waals surface area contributed by atoms with Crippen LogP contribution >= 0.6 is 15.9 Å². The molecule has 6 heteroatoms. The van der Waals surface area contributed by atoms with Gasteiger partial charge in [-0.2, -0.15) is 5.10 Å². The van der Waals surface area contributed by atoms with Gasteiger partial charge < -0.3 is 11.1 Å². The van der Waals surface area contributed by atoms with E-state index >= 15 is 0 Å². The Bertz CT molecular complexity index is 508. The van der Waals surface area contributed by atoms with Gasteiger partial charge in [0, 0.05) is 24.5 Å². The van der Waals surface area contributed by atoms with Crippen molar-refractivity contribution in [2.75, 3.05) is 17.6 Å². The van der Waals surface area contributed by atoms with E-state index in [1.54, 1.807) is 11.0 Å². The number of hydrogen-bond acceptors (Lipinski definition) is 4. The lowest BCUT2D eigenvalue weighted by Gasteiger charge is -2.08. The van der Waals surface area contributed by atoms with Gasteiger partial charge in [0.15, 0.2) is 5.82 Å². The minimum absolute atomic E-state index is 0.738. The third-order valence-electron chi connectivity index (χ3n) is 2.33. The van der Waals surface area contributed by atoms with Crippen molar-refractivity contribution in [3.63, 3.8) is 0 Å². The summed E-state index contributed by atoms with van der Waals surface area (Å²) in [5, 5.41) is 7.47. The number of halogens is 1. The number of nitrogens with zero attached hydrogens (tertiary/aromatic N) is 3. The third kappa shape index (κ3) is 3.20. The van der Waals surface area contributed by atoms with Crippen LogP contribution in [0, 0.1) is 0 Å². The molecule has 0 bridgehead atoms. The summed E-state index contributed by atoms with van der Waals surface area (Å²) >= 11 is 3.41. The minimum Gasteiger partial charge on any atom is -0.397 e. The monoisotopic (exact) mass is 295 g/mol. The Labute approximate surface area is 108 Å². The second kappa shape index (κ2) is 5.18. The smallest absolute Gasteiger partial charge is 0.152 e. The highest BCUT2D eigenvalue weighted by molar-refractivity contribution is 9.10. The van der Waals surface area contributed by atoms with Crippen molar-refractivity contribution in [2.45, 2.75) is 6.42 Å². The molecule has 3 N–H and O–H groups in total. The van der Waals surface area contributed by atoms with Crippen LogP contribution in [0.1, 0.15) is 5.82 Å². The van der Waals surface area contributed by atoms with E-state index in [1.165, 1.54) is 0 Å². The molecule has 1 heterocycles. The highest BCUT2D eigenvalue weighted by Crippen LogP contribution is 2.22. The molecule has 0 saturated carbocycles. The van der Waals surface area contributed by atoms with Gasteiger partial charge in [-0.15, -0.1) is 0 Å². The molecule has 0 atom stereocenters. The van der Waals surface area contributed by atoms with Gasteiger partial charge in [-0.25, -0.2) is 4.98 Å². The fourth-order valence-electron chi connectivity index (χ4n) is 1.49. The van der Waals surface area contributed by atoms with Gasteiger partial charge in [-0.1, -0.05) is 15.9 Å². The van der Waals surface area contributed by atoms with Gasteiger partial charge in [0.2, 0.25) is 0 Å². The molecule has 0 aliphatic heterocycles. The number of nitrogens with one attached hydrogen (secondary N) is 1. The molecule has 2 aromatic rings. The fourth-order valence-corrected chi connectivity index (χ4v) is 1.85. The zero-order valence-corrected chi connectivity index (χ0v) is 11.1. The van der Waals surface area contributed by atoms with Crippen molar-refractivity contribution >= 4 is 27.3 Å². The van der Waals surface area contributed by atoms with Crippen LogP contribution in [0.15, 0.2) is 29.0 Å². The van der Waals surface area contributed by atoms with E-state index in [4.69, 9.17) is 5.73 Å². The van der Waals surface area contributed by atoms with Crippen LogP contribution in [0.5, 0.6) is 0 Å². The molecule has 0 fully saturated rings. The van der Waals surface area contributed by atoms with Crippen LogP contribution in [0.2, 0.25) is 0 Å². The van der Waals surface area contributed by atoms with Crippen molar-refractivity contribution in [3.8, 4) is 0 Å². The molecule has 0 amide bonds. The first-order valence-corrected chi connectivity index (χ1v) is 6.08. The summed E-state index contributed by atoms with van der Waals surface area (Å²) in [6, 6.07) is 5.74. The maximum atomic E-state index is 5.85. The SMILES string of the molecule is Cn1cnc(CCNc2cc(Br)ccc2N)n1. The molecule has 0 radical (unpaired) electrons. The first-order valence-electron chi connectivity index (χ1n) is 5.28. The van der Waals surface area contributed by atoms with Gasteiger partial charge in [0.1, 0.15) is 6.33 Å². The summed E-state index contributed by atoms with van der Waals surface area (Å²) < 4.78 is 2.70. The Morgan fingerprint density at radius 2 is 2.29 bits per heavy atom. The summed E-state index contributed by atoms with van der Waals surface area (Å²) in [7, 11) is 1.86. The van der Waals surface area contributed by atoms with Crippen LogP contribution in [-0.4, -0.2) is 21.3 Å². The molecule has 1 aromatic carbocycles. The zero-order valence-electron chi connectivity index (χ0n) is 9.52. The summed E-state index contributed by atoms with van der Waals surface area (Å²) in [5.41, 5.74) is 7.52. The summed E-state index contributed by atoms with van der Waals surface area (Å²) in [6.07, 6.45) is 2.47. The van der Waals surface area contributed by atoms with Gasteiger partial charge in [0.25, 0.3) is 0 Å². The normalized spacial score (nSPS) is 10.5. The molecule has 0 unspecified atom stereocenters. The Hall–Kier alpha value is -1.56. The first-order chi connectivity index (χ1) is 8.15. The lowest BCUT2D eigenvalue weighted by molar-refractivity contribution is 0.742. The Morgan fingerprint density at radius 3 is 3.00 bits per heavy atom. The summed E-state index contributed by atoms with van der Waals surface area (Å²) in [6.45, 7) is 0.755. The molecule has 2 rings (SSSR count). The number of rotatable bonds is 4. The fraction of sp³-hybridized carbons (Fsp3) is 0.273. The van der Waals surface area contributed by atoms with E-state index in [-0.39, 0.29) is 0 Å². The van der Waals surface area contributed by atoms with Crippen LogP contribution in [0.25, 0.3) is 0 Å². The van der Waals surface area contributed by atoms with Gasteiger partial charge in [-0.3, -0.25) is 4.68 Å². The molecule has 5 nitrogen and oxygen atoms in total. The zero-order chi connectivity index (χ0) is 12.3. The largest absolute Gasteiger partial charge is 0.397 e. The molecule has 90 valence electrons. The average Bonchev–Trinajstić information content (AvgIpc) is 2.69. The van der Waals surface area contributed by atoms with Crippen molar-refractivity contribution in [1.29, 1.82) is 0 Å². The third-order valence-corrected chi connectivity index (χ3v) is 2.82. The number of hydrogen-bond donors (Lipinski definition) is 2. The average molecular weight is 296 g/mol. The number of benzene rings is 1.